The lowest BCUT2D eigenvalue weighted by molar-refractivity contribution is 0.414. The fourth-order valence-electron chi connectivity index (χ4n) is 2.31. The van der Waals surface area contributed by atoms with E-state index in [2.05, 4.69) is 27.6 Å². The Balaban J connectivity index is 2.17. The highest BCUT2D eigenvalue weighted by molar-refractivity contribution is 14.1. The van der Waals surface area contributed by atoms with Crippen LogP contribution in [0.2, 0.25) is 0 Å². The van der Waals surface area contributed by atoms with Gasteiger partial charge in [0.05, 0.1) is 15.6 Å². The van der Waals surface area contributed by atoms with Gasteiger partial charge in [-0.3, -0.25) is 0 Å². The molecule has 0 aliphatic heterocycles. The maximum absolute atomic E-state index is 12.8. The van der Waals surface area contributed by atoms with Gasteiger partial charge in [-0.15, -0.1) is 0 Å². The van der Waals surface area contributed by atoms with Crippen molar-refractivity contribution in [3.05, 3.63) is 51.6 Å². The molecule has 0 unspecified atom stereocenters. The molecule has 6 heteroatoms. The molecule has 0 saturated carbocycles. The van der Waals surface area contributed by atoms with Crippen molar-refractivity contribution in [2.45, 2.75) is 16.8 Å². The van der Waals surface area contributed by atoms with Gasteiger partial charge >= 0.3 is 0 Å². The minimum Gasteiger partial charge on any atom is -0.497 e. The molecule has 0 amide bonds. The van der Waals surface area contributed by atoms with Crippen LogP contribution in [0, 0.1) is 10.5 Å². The topological polar surface area (TPSA) is 59.2 Å². The maximum atomic E-state index is 12.8. The standard InChI is InChI=1S/C16H14INO3S/c1-10-3-8-13-14(9-10)18-16(15(13)17)22(19,20)12-6-4-11(21-2)5-7-12/h3-9,18H,1-2H3. The minimum absolute atomic E-state index is 0.235. The maximum Gasteiger partial charge on any atom is 0.222 e. The van der Waals surface area contributed by atoms with E-state index in [0.29, 0.717) is 9.32 Å². The first-order valence-electron chi connectivity index (χ1n) is 6.60. The van der Waals surface area contributed by atoms with E-state index < -0.39 is 9.84 Å². The molecule has 3 rings (SSSR count). The zero-order valence-electron chi connectivity index (χ0n) is 12.1. The number of nitrogens with one attached hydrogen (secondary N) is 1. The molecule has 0 fully saturated rings. The second kappa shape index (κ2) is 5.58. The van der Waals surface area contributed by atoms with Crippen LogP contribution in [0.15, 0.2) is 52.4 Å². The van der Waals surface area contributed by atoms with Crippen molar-refractivity contribution >= 4 is 43.3 Å². The Bertz CT molecular complexity index is 943. The average molecular weight is 427 g/mol. The SMILES string of the molecule is COc1ccc(S(=O)(=O)c2[nH]c3cc(C)ccc3c2I)cc1. The summed E-state index contributed by atoms with van der Waals surface area (Å²) in [7, 11) is -2.04. The largest absolute Gasteiger partial charge is 0.497 e. The first-order chi connectivity index (χ1) is 10.4. The number of aromatic amines is 1. The number of ether oxygens (including phenoxy) is 1. The molecule has 2 aromatic carbocycles. The number of H-pyrrole nitrogens is 1. The molecule has 4 nitrogen and oxygen atoms in total. The first-order valence-corrected chi connectivity index (χ1v) is 9.16. The van der Waals surface area contributed by atoms with E-state index >= 15 is 0 Å². The lowest BCUT2D eigenvalue weighted by Crippen LogP contribution is -2.04. The van der Waals surface area contributed by atoms with Crippen molar-refractivity contribution < 1.29 is 13.2 Å². The highest BCUT2D eigenvalue weighted by atomic mass is 127. The number of sulfone groups is 1. The van der Waals surface area contributed by atoms with Crippen LogP contribution in [0.3, 0.4) is 0 Å². The molecule has 0 radical (unpaired) electrons. The summed E-state index contributed by atoms with van der Waals surface area (Å²) in [6, 6.07) is 12.3. The van der Waals surface area contributed by atoms with E-state index in [1.165, 1.54) is 0 Å². The van der Waals surface area contributed by atoms with Crippen molar-refractivity contribution in [1.82, 2.24) is 4.98 Å². The molecular weight excluding hydrogens is 413 g/mol. The predicted octanol–water partition coefficient (Wildman–Crippen LogP) is 3.92. The summed E-state index contributed by atoms with van der Waals surface area (Å²) >= 11 is 2.08. The van der Waals surface area contributed by atoms with Crippen molar-refractivity contribution in [2.75, 3.05) is 7.11 Å². The number of fused-ring (bicyclic) bond motifs is 1. The third kappa shape index (κ3) is 2.50. The quantitative estimate of drug-likeness (QED) is 0.645. The van der Waals surface area contributed by atoms with Crippen LogP contribution in [-0.2, 0) is 9.84 Å². The molecule has 1 aromatic heterocycles. The fourth-order valence-corrected chi connectivity index (χ4v) is 5.11. The van der Waals surface area contributed by atoms with Crippen molar-refractivity contribution in [3.8, 4) is 5.75 Å². The first kappa shape index (κ1) is 15.4. The van der Waals surface area contributed by atoms with Gasteiger partial charge in [0.1, 0.15) is 5.75 Å². The molecule has 0 spiro atoms. The number of aryl methyl sites for hydroxylation is 1. The molecular formula is C16H14INO3S. The molecule has 0 atom stereocenters. The number of methoxy groups -OCH3 is 1. The Labute approximate surface area is 142 Å². The number of rotatable bonds is 3. The van der Waals surface area contributed by atoms with Crippen LogP contribution in [0.25, 0.3) is 10.9 Å². The highest BCUT2D eigenvalue weighted by Gasteiger charge is 2.24. The molecule has 0 aliphatic carbocycles. The highest BCUT2D eigenvalue weighted by Crippen LogP contribution is 2.31. The van der Waals surface area contributed by atoms with Gasteiger partial charge in [-0.05, 0) is 65.4 Å². The monoisotopic (exact) mass is 427 g/mol. The van der Waals surface area contributed by atoms with Gasteiger partial charge in [0.25, 0.3) is 0 Å². The molecule has 1 heterocycles. The van der Waals surface area contributed by atoms with E-state index in [9.17, 15) is 8.42 Å². The summed E-state index contributed by atoms with van der Waals surface area (Å²) in [5.41, 5.74) is 1.91. The van der Waals surface area contributed by atoms with Crippen LogP contribution in [-0.4, -0.2) is 20.5 Å². The van der Waals surface area contributed by atoms with Gasteiger partial charge < -0.3 is 9.72 Å². The minimum atomic E-state index is -3.59. The third-order valence-corrected chi connectivity index (χ3v) is 6.72. The summed E-state index contributed by atoms with van der Waals surface area (Å²) in [6.07, 6.45) is 0. The smallest absolute Gasteiger partial charge is 0.222 e. The second-order valence-corrected chi connectivity index (χ2v) is 7.96. The summed E-state index contributed by atoms with van der Waals surface area (Å²) in [5.74, 6) is 0.626. The van der Waals surface area contributed by atoms with Crippen LogP contribution >= 0.6 is 22.6 Å². The molecule has 3 aromatic rings. The van der Waals surface area contributed by atoms with Crippen molar-refractivity contribution in [3.63, 3.8) is 0 Å². The van der Waals surface area contributed by atoms with Crippen molar-refractivity contribution in [2.24, 2.45) is 0 Å². The molecule has 1 N–H and O–H groups in total. The number of aromatic nitrogens is 1. The Morgan fingerprint density at radius 3 is 2.41 bits per heavy atom. The predicted molar refractivity (Wildman–Crippen MR) is 94.2 cm³/mol. The van der Waals surface area contributed by atoms with E-state index in [0.717, 1.165) is 16.5 Å². The van der Waals surface area contributed by atoms with Crippen LogP contribution in [0.4, 0.5) is 0 Å². The summed E-state index contributed by atoms with van der Waals surface area (Å²) < 4.78 is 31.4. The zero-order chi connectivity index (χ0) is 15.9. The Hall–Kier alpha value is -1.54. The number of halogens is 1. The Morgan fingerprint density at radius 1 is 1.09 bits per heavy atom. The summed E-state index contributed by atoms with van der Waals surface area (Å²) in [4.78, 5) is 3.29. The number of benzene rings is 2. The van der Waals surface area contributed by atoms with Crippen LogP contribution < -0.4 is 4.74 Å². The average Bonchev–Trinajstić information content (AvgIpc) is 2.84. The summed E-state index contributed by atoms with van der Waals surface area (Å²) in [6.45, 7) is 1.98. The summed E-state index contributed by atoms with van der Waals surface area (Å²) in [5, 5.41) is 1.15. The number of hydrogen-bond acceptors (Lipinski definition) is 3. The van der Waals surface area contributed by atoms with Crippen LogP contribution in [0.1, 0.15) is 5.56 Å². The van der Waals surface area contributed by atoms with Gasteiger partial charge in [-0.25, -0.2) is 8.42 Å². The van der Waals surface area contributed by atoms with Crippen LogP contribution in [0.5, 0.6) is 5.75 Å². The van der Waals surface area contributed by atoms with E-state index in [4.69, 9.17) is 4.74 Å². The second-order valence-electron chi connectivity index (χ2n) is 5.00. The normalized spacial score (nSPS) is 11.8. The van der Waals surface area contributed by atoms with Gasteiger partial charge in [0.2, 0.25) is 9.84 Å². The molecule has 0 aliphatic rings. The fraction of sp³-hybridized carbons (Fsp3) is 0.125. The van der Waals surface area contributed by atoms with Gasteiger partial charge in [-0.1, -0.05) is 12.1 Å². The van der Waals surface area contributed by atoms with Gasteiger partial charge in [-0.2, -0.15) is 0 Å². The Kier molecular flexibility index (Phi) is 3.90. The third-order valence-electron chi connectivity index (χ3n) is 3.50. The van der Waals surface area contributed by atoms with Gasteiger partial charge in [0.15, 0.2) is 5.03 Å². The zero-order valence-corrected chi connectivity index (χ0v) is 15.0. The molecule has 114 valence electrons. The van der Waals surface area contributed by atoms with E-state index in [1.54, 1.807) is 31.4 Å². The molecule has 0 bridgehead atoms. The number of hydrogen-bond donors (Lipinski definition) is 1. The molecule has 0 saturated heterocycles. The van der Waals surface area contributed by atoms with E-state index in [1.807, 2.05) is 25.1 Å². The van der Waals surface area contributed by atoms with E-state index in [-0.39, 0.29) is 9.92 Å². The van der Waals surface area contributed by atoms with Gasteiger partial charge in [0, 0.05) is 10.9 Å². The lowest BCUT2D eigenvalue weighted by atomic mass is 10.2. The lowest BCUT2D eigenvalue weighted by Gasteiger charge is -2.04. The molecule has 22 heavy (non-hydrogen) atoms. The van der Waals surface area contributed by atoms with Crippen molar-refractivity contribution in [1.29, 1.82) is 0 Å². The Morgan fingerprint density at radius 2 is 1.77 bits per heavy atom.